The summed E-state index contributed by atoms with van der Waals surface area (Å²) < 4.78 is 23.2. The molecule has 1 N–H and O–H groups in total. The Balaban J connectivity index is 1.95. The van der Waals surface area contributed by atoms with E-state index in [4.69, 9.17) is 11.6 Å². The Hall–Kier alpha value is -1.53. The maximum Gasteiger partial charge on any atom is 0.240 e. The molecule has 5 nitrogen and oxygen atoms in total. The van der Waals surface area contributed by atoms with Crippen molar-refractivity contribution in [1.82, 2.24) is 9.88 Å². The number of nitrogens with zero attached hydrogens (tertiary/aromatic N) is 1. The van der Waals surface area contributed by atoms with Gasteiger partial charge in [-0.05, 0) is 25.1 Å². The number of sulfone groups is 1. The van der Waals surface area contributed by atoms with Crippen LogP contribution in [0.15, 0.2) is 18.2 Å². The van der Waals surface area contributed by atoms with Gasteiger partial charge in [-0.25, -0.2) is 8.42 Å². The lowest BCUT2D eigenvalue weighted by molar-refractivity contribution is -0.131. The van der Waals surface area contributed by atoms with Crippen LogP contribution in [0, 0.1) is 0 Å². The van der Waals surface area contributed by atoms with Gasteiger partial charge in [-0.2, -0.15) is 0 Å². The number of nitrogens with one attached hydrogen (secondary N) is 1. The third-order valence-corrected chi connectivity index (χ3v) is 5.96. The maximum absolute atomic E-state index is 12.4. The highest BCUT2D eigenvalue weighted by Crippen LogP contribution is 2.30. The molecule has 0 aliphatic carbocycles. The van der Waals surface area contributed by atoms with Crippen molar-refractivity contribution in [1.29, 1.82) is 0 Å². The standard InChI is InChI=1S/C15H17ClN2O3S/c1-9(22(2,20)21)15(19)18-6-5-14-12(8-18)11-7-10(16)3-4-13(11)17-14/h3-4,7,9,17H,5-6,8H2,1-2H3/t9-/m0/s1. The summed E-state index contributed by atoms with van der Waals surface area (Å²) in [6.45, 7) is 2.37. The van der Waals surface area contributed by atoms with E-state index < -0.39 is 15.1 Å². The third kappa shape index (κ3) is 2.61. The fraction of sp³-hybridized carbons (Fsp3) is 0.400. The number of carbonyl (C=O) groups excluding carboxylic acids is 1. The molecule has 1 aromatic carbocycles. The quantitative estimate of drug-likeness (QED) is 0.910. The van der Waals surface area contributed by atoms with Gasteiger partial charge in [0.05, 0.1) is 0 Å². The molecule has 0 bridgehead atoms. The molecule has 2 aromatic rings. The molecule has 7 heteroatoms. The molecule has 1 aromatic heterocycles. The SMILES string of the molecule is C[C@@H](C(=O)N1CCc2[nH]c3ccc(Cl)cc3c2C1)S(C)(=O)=O. The topological polar surface area (TPSA) is 70.2 Å². The Morgan fingerprint density at radius 2 is 2.14 bits per heavy atom. The normalized spacial score (nSPS) is 16.6. The zero-order chi connectivity index (χ0) is 16.1. The summed E-state index contributed by atoms with van der Waals surface area (Å²) in [7, 11) is -3.38. The van der Waals surface area contributed by atoms with E-state index in [0.29, 0.717) is 24.5 Å². The molecule has 0 unspecified atom stereocenters. The monoisotopic (exact) mass is 340 g/mol. The van der Waals surface area contributed by atoms with E-state index in [-0.39, 0.29) is 5.91 Å². The fourth-order valence-corrected chi connectivity index (χ4v) is 3.50. The van der Waals surface area contributed by atoms with Gasteiger partial charge in [0.1, 0.15) is 5.25 Å². The van der Waals surface area contributed by atoms with Crippen molar-refractivity contribution in [2.75, 3.05) is 12.8 Å². The smallest absolute Gasteiger partial charge is 0.240 e. The lowest BCUT2D eigenvalue weighted by atomic mass is 10.0. The van der Waals surface area contributed by atoms with E-state index in [9.17, 15) is 13.2 Å². The fourth-order valence-electron chi connectivity index (χ4n) is 2.81. The number of hydrogen-bond acceptors (Lipinski definition) is 3. The van der Waals surface area contributed by atoms with Crippen molar-refractivity contribution in [2.24, 2.45) is 0 Å². The van der Waals surface area contributed by atoms with Crippen LogP contribution in [-0.4, -0.2) is 42.3 Å². The Morgan fingerprint density at radius 1 is 1.41 bits per heavy atom. The molecule has 22 heavy (non-hydrogen) atoms. The first-order valence-electron chi connectivity index (χ1n) is 7.04. The zero-order valence-corrected chi connectivity index (χ0v) is 14.0. The van der Waals surface area contributed by atoms with Crippen molar-refractivity contribution < 1.29 is 13.2 Å². The maximum atomic E-state index is 12.4. The first-order valence-corrected chi connectivity index (χ1v) is 9.37. The molecule has 1 aliphatic heterocycles. The molecule has 0 saturated carbocycles. The molecular weight excluding hydrogens is 324 g/mol. The van der Waals surface area contributed by atoms with E-state index in [1.165, 1.54) is 6.92 Å². The van der Waals surface area contributed by atoms with Crippen molar-refractivity contribution in [3.63, 3.8) is 0 Å². The van der Waals surface area contributed by atoms with E-state index in [1.54, 1.807) is 4.90 Å². The summed E-state index contributed by atoms with van der Waals surface area (Å²) in [6.07, 6.45) is 1.78. The molecule has 118 valence electrons. The summed E-state index contributed by atoms with van der Waals surface area (Å²) in [4.78, 5) is 17.4. The minimum Gasteiger partial charge on any atom is -0.358 e. The number of aromatic amines is 1. The number of carbonyl (C=O) groups is 1. The molecular formula is C15H17ClN2O3S. The van der Waals surface area contributed by atoms with Gasteiger partial charge in [0.15, 0.2) is 9.84 Å². The first-order chi connectivity index (χ1) is 10.3. The molecule has 0 radical (unpaired) electrons. The molecule has 2 heterocycles. The second kappa shape index (κ2) is 5.28. The van der Waals surface area contributed by atoms with Gasteiger partial charge >= 0.3 is 0 Å². The Kier molecular flexibility index (Phi) is 3.69. The van der Waals surface area contributed by atoms with Crippen LogP contribution < -0.4 is 0 Å². The second-order valence-corrected chi connectivity index (χ2v) is 8.56. The van der Waals surface area contributed by atoms with Crippen molar-refractivity contribution in [2.45, 2.75) is 25.1 Å². The average Bonchev–Trinajstić information content (AvgIpc) is 2.82. The van der Waals surface area contributed by atoms with Crippen molar-refractivity contribution in [3.05, 3.63) is 34.5 Å². The Morgan fingerprint density at radius 3 is 2.82 bits per heavy atom. The highest BCUT2D eigenvalue weighted by molar-refractivity contribution is 7.92. The number of hydrogen-bond donors (Lipinski definition) is 1. The number of rotatable bonds is 2. The Labute approximate surface area is 134 Å². The van der Waals surface area contributed by atoms with Crippen LogP contribution in [0.1, 0.15) is 18.2 Å². The third-order valence-electron chi connectivity index (χ3n) is 4.24. The summed E-state index contributed by atoms with van der Waals surface area (Å²) in [5.74, 6) is -0.343. The number of amides is 1. The molecule has 1 amide bonds. The number of halogens is 1. The van der Waals surface area contributed by atoms with Crippen LogP contribution in [0.5, 0.6) is 0 Å². The molecule has 0 fully saturated rings. The zero-order valence-electron chi connectivity index (χ0n) is 12.4. The highest BCUT2D eigenvalue weighted by Gasteiger charge is 2.31. The summed E-state index contributed by atoms with van der Waals surface area (Å²) in [5.41, 5.74) is 3.10. The van der Waals surface area contributed by atoms with E-state index in [1.807, 2.05) is 18.2 Å². The van der Waals surface area contributed by atoms with E-state index >= 15 is 0 Å². The first kappa shape index (κ1) is 15.4. The van der Waals surface area contributed by atoms with E-state index in [0.717, 1.165) is 28.4 Å². The van der Waals surface area contributed by atoms with E-state index in [2.05, 4.69) is 4.98 Å². The van der Waals surface area contributed by atoms with Crippen LogP contribution >= 0.6 is 11.6 Å². The van der Waals surface area contributed by atoms with Gasteiger partial charge in [-0.15, -0.1) is 0 Å². The van der Waals surface area contributed by atoms with Gasteiger partial charge in [0.2, 0.25) is 5.91 Å². The predicted molar refractivity (Wildman–Crippen MR) is 86.7 cm³/mol. The largest absolute Gasteiger partial charge is 0.358 e. The minimum atomic E-state index is -3.38. The van der Waals surface area contributed by atoms with Gasteiger partial charge in [-0.1, -0.05) is 11.6 Å². The predicted octanol–water partition coefficient (Wildman–Crippen LogP) is 2.14. The van der Waals surface area contributed by atoms with Crippen LogP contribution in [-0.2, 0) is 27.6 Å². The van der Waals surface area contributed by atoms with Gasteiger partial charge in [0.25, 0.3) is 0 Å². The number of benzene rings is 1. The number of fused-ring (bicyclic) bond motifs is 3. The molecule has 3 rings (SSSR count). The lowest BCUT2D eigenvalue weighted by Gasteiger charge is -2.29. The molecule has 1 aliphatic rings. The average molecular weight is 341 g/mol. The second-order valence-electron chi connectivity index (χ2n) is 5.75. The summed E-state index contributed by atoms with van der Waals surface area (Å²) >= 11 is 6.05. The number of aromatic nitrogens is 1. The minimum absolute atomic E-state index is 0.343. The van der Waals surface area contributed by atoms with Crippen LogP contribution in [0.25, 0.3) is 10.9 Å². The van der Waals surface area contributed by atoms with Crippen LogP contribution in [0.3, 0.4) is 0 Å². The van der Waals surface area contributed by atoms with Gasteiger partial charge in [0, 0.05) is 52.9 Å². The van der Waals surface area contributed by atoms with Gasteiger partial charge in [-0.3, -0.25) is 4.79 Å². The van der Waals surface area contributed by atoms with Crippen molar-refractivity contribution in [3.8, 4) is 0 Å². The molecule has 0 saturated heterocycles. The lowest BCUT2D eigenvalue weighted by Crippen LogP contribution is -2.43. The molecule has 0 spiro atoms. The summed E-state index contributed by atoms with van der Waals surface area (Å²) in [6, 6.07) is 5.61. The molecule has 1 atom stereocenters. The Bertz CT molecular complexity index is 857. The van der Waals surface area contributed by atoms with Crippen LogP contribution in [0.4, 0.5) is 0 Å². The highest BCUT2D eigenvalue weighted by atomic mass is 35.5. The van der Waals surface area contributed by atoms with Crippen LogP contribution in [0.2, 0.25) is 5.02 Å². The number of H-pyrrole nitrogens is 1. The van der Waals surface area contributed by atoms with Crippen molar-refractivity contribution >= 4 is 38.2 Å². The summed E-state index contributed by atoms with van der Waals surface area (Å²) in [5, 5.41) is 0.622. The van der Waals surface area contributed by atoms with Gasteiger partial charge < -0.3 is 9.88 Å².